The lowest BCUT2D eigenvalue weighted by Gasteiger charge is -2.26. The van der Waals surface area contributed by atoms with Gasteiger partial charge in [0.2, 0.25) is 5.91 Å². The maximum atomic E-state index is 12.8. The second-order valence-corrected chi connectivity index (χ2v) is 6.27. The second kappa shape index (κ2) is 5.55. The van der Waals surface area contributed by atoms with Crippen molar-refractivity contribution in [1.29, 1.82) is 0 Å². The fraction of sp³-hybridized carbons (Fsp3) is 0.471. The Balaban J connectivity index is 1.79. The first-order chi connectivity index (χ1) is 10.6. The van der Waals surface area contributed by atoms with Gasteiger partial charge in [-0.15, -0.1) is 6.58 Å². The Morgan fingerprint density at radius 2 is 2.41 bits per heavy atom. The summed E-state index contributed by atoms with van der Waals surface area (Å²) in [4.78, 5) is 33.0. The highest BCUT2D eigenvalue weighted by atomic mass is 16.2. The van der Waals surface area contributed by atoms with E-state index in [0.717, 1.165) is 13.0 Å². The van der Waals surface area contributed by atoms with E-state index in [1.807, 2.05) is 4.90 Å². The molecule has 116 valence electrons. The molecule has 0 aliphatic carbocycles. The maximum absolute atomic E-state index is 12.8. The van der Waals surface area contributed by atoms with Gasteiger partial charge in [-0.2, -0.15) is 0 Å². The molecule has 2 amide bonds. The molecule has 3 heterocycles. The van der Waals surface area contributed by atoms with E-state index in [4.69, 9.17) is 0 Å². The third kappa shape index (κ3) is 2.21. The van der Waals surface area contributed by atoms with Gasteiger partial charge < -0.3 is 9.80 Å². The zero-order valence-electron chi connectivity index (χ0n) is 12.9. The van der Waals surface area contributed by atoms with Crippen molar-refractivity contribution in [3.05, 3.63) is 42.7 Å². The predicted molar refractivity (Wildman–Crippen MR) is 83.1 cm³/mol. The first-order valence-corrected chi connectivity index (χ1v) is 7.68. The van der Waals surface area contributed by atoms with E-state index in [1.54, 1.807) is 35.5 Å². The van der Waals surface area contributed by atoms with E-state index in [9.17, 15) is 9.59 Å². The van der Waals surface area contributed by atoms with Gasteiger partial charge in [-0.05, 0) is 24.5 Å². The van der Waals surface area contributed by atoms with Gasteiger partial charge in [0.25, 0.3) is 5.91 Å². The van der Waals surface area contributed by atoms with Crippen molar-refractivity contribution in [2.75, 3.05) is 26.2 Å². The highest BCUT2D eigenvalue weighted by Crippen LogP contribution is 2.44. The summed E-state index contributed by atoms with van der Waals surface area (Å²) in [6.07, 6.45) is 5.81. The Bertz CT molecular complexity index is 601. The summed E-state index contributed by atoms with van der Waals surface area (Å²) in [6, 6.07) is 3.53. The van der Waals surface area contributed by atoms with Crippen LogP contribution < -0.4 is 0 Å². The minimum Gasteiger partial charge on any atom is -0.338 e. The van der Waals surface area contributed by atoms with Crippen molar-refractivity contribution < 1.29 is 9.59 Å². The number of hydrogen-bond donors (Lipinski definition) is 0. The molecule has 1 aromatic heterocycles. The van der Waals surface area contributed by atoms with Gasteiger partial charge in [-0.25, -0.2) is 0 Å². The van der Waals surface area contributed by atoms with E-state index < -0.39 is 5.41 Å². The van der Waals surface area contributed by atoms with Crippen LogP contribution in [-0.2, 0) is 4.79 Å². The standard InChI is InChI=1S/C17H21N3O2/c1-3-8-19-9-6-17(16(19)22)12-20(11-13(17)2)15(21)14-5-4-7-18-10-14/h3-5,7,10,13H,1,6,8-9,11-12H2,2H3/t13-,17-/m1/s1. The van der Waals surface area contributed by atoms with Gasteiger partial charge in [0, 0.05) is 38.6 Å². The van der Waals surface area contributed by atoms with Gasteiger partial charge in [-0.3, -0.25) is 14.6 Å². The molecule has 2 saturated heterocycles. The number of likely N-dealkylation sites (tertiary alicyclic amines) is 2. The molecular formula is C17H21N3O2. The zero-order valence-corrected chi connectivity index (χ0v) is 12.9. The molecule has 0 unspecified atom stereocenters. The average molecular weight is 299 g/mol. The normalized spacial score (nSPS) is 27.7. The Morgan fingerprint density at radius 1 is 1.59 bits per heavy atom. The lowest BCUT2D eigenvalue weighted by molar-refractivity contribution is -0.136. The quantitative estimate of drug-likeness (QED) is 0.796. The molecule has 22 heavy (non-hydrogen) atoms. The number of nitrogens with zero attached hydrogens (tertiary/aromatic N) is 3. The molecule has 0 bridgehead atoms. The average Bonchev–Trinajstić information content (AvgIpc) is 3.04. The molecule has 3 rings (SSSR count). The van der Waals surface area contributed by atoms with E-state index in [2.05, 4.69) is 18.5 Å². The number of pyridine rings is 1. The summed E-state index contributed by atoms with van der Waals surface area (Å²) in [5, 5.41) is 0. The Kier molecular flexibility index (Phi) is 3.72. The number of carbonyl (C=O) groups is 2. The van der Waals surface area contributed by atoms with Crippen LogP contribution in [0.5, 0.6) is 0 Å². The summed E-state index contributed by atoms with van der Waals surface area (Å²) in [5.41, 5.74) is 0.168. The van der Waals surface area contributed by atoms with Crippen molar-refractivity contribution in [1.82, 2.24) is 14.8 Å². The Labute approximate surface area is 130 Å². The fourth-order valence-corrected chi connectivity index (χ4v) is 3.68. The predicted octanol–water partition coefficient (Wildman–Crippen LogP) is 1.58. The van der Waals surface area contributed by atoms with Crippen LogP contribution in [0.25, 0.3) is 0 Å². The first-order valence-electron chi connectivity index (χ1n) is 7.68. The van der Waals surface area contributed by atoms with E-state index in [-0.39, 0.29) is 17.7 Å². The number of aromatic nitrogens is 1. The van der Waals surface area contributed by atoms with Crippen LogP contribution >= 0.6 is 0 Å². The summed E-state index contributed by atoms with van der Waals surface area (Å²) in [5.74, 6) is 0.309. The third-order valence-corrected chi connectivity index (χ3v) is 5.00. The van der Waals surface area contributed by atoms with Crippen molar-refractivity contribution >= 4 is 11.8 Å². The summed E-state index contributed by atoms with van der Waals surface area (Å²) in [6.45, 7) is 8.26. The molecule has 0 saturated carbocycles. The molecule has 0 aromatic carbocycles. The smallest absolute Gasteiger partial charge is 0.255 e. The molecule has 2 aliphatic rings. The minimum atomic E-state index is -0.416. The first kappa shape index (κ1) is 14.8. The van der Waals surface area contributed by atoms with Crippen LogP contribution in [0.2, 0.25) is 0 Å². The lowest BCUT2D eigenvalue weighted by Crippen LogP contribution is -2.40. The molecule has 5 nitrogen and oxygen atoms in total. The van der Waals surface area contributed by atoms with Crippen molar-refractivity contribution in [2.45, 2.75) is 13.3 Å². The monoisotopic (exact) mass is 299 g/mol. The molecule has 1 spiro atoms. The highest BCUT2D eigenvalue weighted by molar-refractivity contribution is 5.95. The third-order valence-electron chi connectivity index (χ3n) is 5.00. The van der Waals surface area contributed by atoms with Gasteiger partial charge in [-0.1, -0.05) is 13.0 Å². The van der Waals surface area contributed by atoms with Crippen LogP contribution in [0.1, 0.15) is 23.7 Å². The molecule has 0 N–H and O–H groups in total. The van der Waals surface area contributed by atoms with E-state index in [0.29, 0.717) is 25.2 Å². The fourth-order valence-electron chi connectivity index (χ4n) is 3.68. The van der Waals surface area contributed by atoms with Crippen molar-refractivity contribution in [3.8, 4) is 0 Å². The number of carbonyl (C=O) groups excluding carboxylic acids is 2. The largest absolute Gasteiger partial charge is 0.338 e. The molecule has 1 aromatic rings. The topological polar surface area (TPSA) is 53.5 Å². The van der Waals surface area contributed by atoms with Crippen LogP contribution in [0.15, 0.2) is 37.2 Å². The van der Waals surface area contributed by atoms with Gasteiger partial charge >= 0.3 is 0 Å². The number of rotatable bonds is 3. The number of hydrogen-bond acceptors (Lipinski definition) is 3. The van der Waals surface area contributed by atoms with Crippen LogP contribution in [0.3, 0.4) is 0 Å². The van der Waals surface area contributed by atoms with Gasteiger partial charge in [0.15, 0.2) is 0 Å². The second-order valence-electron chi connectivity index (χ2n) is 6.27. The molecule has 2 fully saturated rings. The Morgan fingerprint density at radius 3 is 3.09 bits per heavy atom. The zero-order chi connectivity index (χ0) is 15.7. The molecule has 2 aliphatic heterocycles. The van der Waals surface area contributed by atoms with E-state index >= 15 is 0 Å². The van der Waals surface area contributed by atoms with E-state index in [1.165, 1.54) is 0 Å². The SMILES string of the molecule is C=CCN1CC[C@]2(CN(C(=O)c3cccnc3)C[C@H]2C)C1=O. The Hall–Kier alpha value is -2.17. The van der Waals surface area contributed by atoms with Gasteiger partial charge in [0.1, 0.15) is 0 Å². The van der Waals surface area contributed by atoms with Crippen LogP contribution in [0.4, 0.5) is 0 Å². The molecule has 0 radical (unpaired) electrons. The van der Waals surface area contributed by atoms with Crippen LogP contribution in [0, 0.1) is 11.3 Å². The highest BCUT2D eigenvalue weighted by Gasteiger charge is 2.55. The molecular weight excluding hydrogens is 278 g/mol. The summed E-state index contributed by atoms with van der Waals surface area (Å²) in [7, 11) is 0. The summed E-state index contributed by atoms with van der Waals surface area (Å²) < 4.78 is 0. The van der Waals surface area contributed by atoms with Gasteiger partial charge in [0.05, 0.1) is 11.0 Å². The molecule has 2 atom stereocenters. The van der Waals surface area contributed by atoms with Crippen molar-refractivity contribution in [3.63, 3.8) is 0 Å². The summed E-state index contributed by atoms with van der Waals surface area (Å²) >= 11 is 0. The lowest BCUT2D eigenvalue weighted by atomic mass is 9.78. The molecule has 5 heteroatoms. The van der Waals surface area contributed by atoms with Crippen molar-refractivity contribution in [2.24, 2.45) is 11.3 Å². The minimum absolute atomic E-state index is 0.0354. The number of amides is 2. The maximum Gasteiger partial charge on any atom is 0.255 e. The van der Waals surface area contributed by atoms with Crippen LogP contribution in [-0.4, -0.2) is 52.8 Å².